The lowest BCUT2D eigenvalue weighted by Crippen LogP contribution is -1.94. The van der Waals surface area contributed by atoms with Crippen molar-refractivity contribution in [3.8, 4) is 5.69 Å². The molecule has 0 atom stereocenters. The van der Waals surface area contributed by atoms with E-state index in [0.29, 0.717) is 0 Å². The predicted octanol–water partition coefficient (Wildman–Crippen LogP) is 7.84. The second kappa shape index (κ2) is 8.38. The molecule has 2 heterocycles. The maximum absolute atomic E-state index is 4.65. The van der Waals surface area contributed by atoms with Gasteiger partial charge < -0.3 is 9.13 Å². The van der Waals surface area contributed by atoms with Crippen LogP contribution in [0.3, 0.4) is 0 Å². The summed E-state index contributed by atoms with van der Waals surface area (Å²) < 4.78 is 4.46. The number of allylic oxidation sites excluding steroid dienone is 1. The summed E-state index contributed by atoms with van der Waals surface area (Å²) >= 11 is 0. The first-order valence-electron chi connectivity index (χ1n) is 11.3. The molecule has 0 aliphatic carbocycles. The molecule has 3 heteroatoms. The van der Waals surface area contributed by atoms with E-state index in [2.05, 4.69) is 99.7 Å². The van der Waals surface area contributed by atoms with Crippen LogP contribution in [0.25, 0.3) is 44.6 Å². The fourth-order valence-electron chi connectivity index (χ4n) is 4.64. The molecule has 4 aromatic carbocycles. The zero-order valence-corrected chi connectivity index (χ0v) is 18.7. The van der Waals surface area contributed by atoms with Gasteiger partial charge in [-0.2, -0.15) is 0 Å². The molecule has 0 bridgehead atoms. The van der Waals surface area contributed by atoms with E-state index < -0.39 is 0 Å². The molecule has 162 valence electrons. The summed E-state index contributed by atoms with van der Waals surface area (Å²) in [5, 5.41) is 3.71. The predicted molar refractivity (Wildman–Crippen MR) is 145 cm³/mol. The fraction of sp³-hybridized carbons (Fsp3) is 0. The summed E-state index contributed by atoms with van der Waals surface area (Å²) in [4.78, 5) is 4.65. The lowest BCUT2D eigenvalue weighted by atomic mass is 10.1. The van der Waals surface area contributed by atoms with E-state index in [4.69, 9.17) is 0 Å². The number of aliphatic imine (C=N–C) groups is 1. The van der Waals surface area contributed by atoms with Crippen LogP contribution in [0.2, 0.25) is 0 Å². The van der Waals surface area contributed by atoms with Gasteiger partial charge in [0.05, 0.1) is 22.3 Å². The van der Waals surface area contributed by atoms with E-state index in [1.165, 1.54) is 27.2 Å². The minimum atomic E-state index is 0.847. The second-order valence-corrected chi connectivity index (χ2v) is 8.22. The summed E-state index contributed by atoms with van der Waals surface area (Å²) in [6, 6.07) is 36.0. The summed E-state index contributed by atoms with van der Waals surface area (Å²) in [5.74, 6) is 0. The molecule has 3 nitrogen and oxygen atoms in total. The third kappa shape index (κ3) is 3.35. The van der Waals surface area contributed by atoms with Crippen LogP contribution in [0.5, 0.6) is 0 Å². The van der Waals surface area contributed by atoms with Crippen molar-refractivity contribution >= 4 is 44.6 Å². The molecule has 2 aromatic heterocycles. The Kier molecular flexibility index (Phi) is 4.93. The van der Waals surface area contributed by atoms with Crippen molar-refractivity contribution in [2.24, 2.45) is 4.99 Å². The van der Waals surface area contributed by atoms with Gasteiger partial charge in [-0.25, -0.2) is 0 Å². The third-order valence-electron chi connectivity index (χ3n) is 6.23. The number of benzene rings is 4. The Morgan fingerprint density at radius 2 is 1.44 bits per heavy atom. The zero-order chi connectivity index (χ0) is 22.9. The summed E-state index contributed by atoms with van der Waals surface area (Å²) in [6.45, 7) is 3.92. The molecule has 34 heavy (non-hydrogen) atoms. The molecule has 0 N–H and O–H groups in total. The molecule has 0 spiro atoms. The summed E-state index contributed by atoms with van der Waals surface area (Å²) in [6.07, 6.45) is 7.70. The Labute approximate surface area is 198 Å². The summed E-state index contributed by atoms with van der Waals surface area (Å²) in [7, 11) is 0. The van der Waals surface area contributed by atoms with E-state index >= 15 is 0 Å². The molecular weight excluding hydrogens is 414 g/mol. The van der Waals surface area contributed by atoms with Gasteiger partial charge in [0, 0.05) is 46.0 Å². The number of nitrogens with zero attached hydrogens (tertiary/aromatic N) is 3. The lowest BCUT2D eigenvalue weighted by molar-refractivity contribution is 1.17. The Morgan fingerprint density at radius 1 is 0.706 bits per heavy atom. The Morgan fingerprint density at radius 3 is 2.24 bits per heavy atom. The number of fused-ring (bicyclic) bond motifs is 4. The quantitative estimate of drug-likeness (QED) is 0.245. The average Bonchev–Trinajstić information content (AvgIpc) is 3.44. The minimum absolute atomic E-state index is 0.847. The van der Waals surface area contributed by atoms with Crippen LogP contribution in [-0.4, -0.2) is 14.8 Å². The molecule has 0 fully saturated rings. The van der Waals surface area contributed by atoms with Gasteiger partial charge in [0.15, 0.2) is 0 Å². The molecule has 0 saturated heterocycles. The smallest absolute Gasteiger partial charge is 0.0696 e. The van der Waals surface area contributed by atoms with Crippen LogP contribution in [0.4, 0.5) is 0 Å². The highest BCUT2D eigenvalue weighted by atomic mass is 15.0. The maximum atomic E-state index is 4.65. The molecule has 0 amide bonds. The molecule has 0 aliphatic rings. The van der Waals surface area contributed by atoms with Crippen LogP contribution in [-0.2, 0) is 0 Å². The highest BCUT2D eigenvalue weighted by Crippen LogP contribution is 2.35. The number of aromatic nitrogens is 2. The average molecular weight is 438 g/mol. The number of rotatable bonds is 5. The van der Waals surface area contributed by atoms with Crippen molar-refractivity contribution in [2.75, 3.05) is 0 Å². The third-order valence-corrected chi connectivity index (χ3v) is 6.23. The Hall–Kier alpha value is -4.63. The van der Waals surface area contributed by atoms with E-state index in [0.717, 1.165) is 22.5 Å². The molecule has 0 unspecified atom stereocenters. The number of hydrogen-bond acceptors (Lipinski definition) is 1. The largest absolute Gasteiger partial charge is 0.322 e. The van der Waals surface area contributed by atoms with Gasteiger partial charge in [-0.3, -0.25) is 4.99 Å². The van der Waals surface area contributed by atoms with E-state index in [1.54, 1.807) is 6.08 Å². The standard InChI is InChI=1S/C31H23N3/c1-2-28(23-11-5-3-6-12-23)32-18-20-33-19-17-24-21-27-26-15-9-10-16-29(26)34(31(27)22-30(24)33)25-13-7-4-8-14-25/h2-22H,1H2/b20-18+,32-28+. The summed E-state index contributed by atoms with van der Waals surface area (Å²) in [5.41, 5.74) is 6.59. The molecule has 6 rings (SSSR count). The molecule has 6 aromatic rings. The van der Waals surface area contributed by atoms with E-state index in [9.17, 15) is 0 Å². The Balaban J connectivity index is 1.51. The minimum Gasteiger partial charge on any atom is -0.322 e. The molecule has 0 saturated carbocycles. The number of para-hydroxylation sites is 2. The van der Waals surface area contributed by atoms with Gasteiger partial charge in [0.2, 0.25) is 0 Å². The van der Waals surface area contributed by atoms with Gasteiger partial charge in [-0.1, -0.05) is 73.3 Å². The van der Waals surface area contributed by atoms with Gasteiger partial charge in [-0.05, 0) is 42.5 Å². The SMILES string of the molecule is C=C/C(=N\C=C\n1ccc2cc3c4ccccc4n(-c4ccccc4)c3cc21)c1ccccc1. The molecule has 0 radical (unpaired) electrons. The van der Waals surface area contributed by atoms with Crippen molar-refractivity contribution in [3.05, 3.63) is 134 Å². The van der Waals surface area contributed by atoms with Crippen LogP contribution >= 0.6 is 0 Å². The Bertz CT molecular complexity index is 1700. The lowest BCUT2D eigenvalue weighted by Gasteiger charge is -2.08. The first-order valence-corrected chi connectivity index (χ1v) is 11.3. The maximum Gasteiger partial charge on any atom is 0.0696 e. The highest BCUT2D eigenvalue weighted by molar-refractivity contribution is 6.13. The topological polar surface area (TPSA) is 22.2 Å². The van der Waals surface area contributed by atoms with E-state index in [1.807, 2.05) is 42.7 Å². The van der Waals surface area contributed by atoms with Crippen molar-refractivity contribution in [1.29, 1.82) is 0 Å². The zero-order valence-electron chi connectivity index (χ0n) is 18.7. The van der Waals surface area contributed by atoms with Crippen LogP contribution in [0, 0.1) is 0 Å². The molecular formula is C31H23N3. The highest BCUT2D eigenvalue weighted by Gasteiger charge is 2.13. The van der Waals surface area contributed by atoms with Gasteiger partial charge in [-0.15, -0.1) is 0 Å². The van der Waals surface area contributed by atoms with E-state index in [-0.39, 0.29) is 0 Å². The van der Waals surface area contributed by atoms with Crippen LogP contribution in [0.1, 0.15) is 5.56 Å². The van der Waals surface area contributed by atoms with Crippen molar-refractivity contribution in [1.82, 2.24) is 9.13 Å². The van der Waals surface area contributed by atoms with Crippen LogP contribution < -0.4 is 0 Å². The monoisotopic (exact) mass is 437 g/mol. The van der Waals surface area contributed by atoms with Crippen molar-refractivity contribution in [2.45, 2.75) is 0 Å². The van der Waals surface area contributed by atoms with Crippen molar-refractivity contribution in [3.63, 3.8) is 0 Å². The first-order chi connectivity index (χ1) is 16.8. The molecule has 0 aliphatic heterocycles. The fourth-order valence-corrected chi connectivity index (χ4v) is 4.64. The number of hydrogen-bond donors (Lipinski definition) is 0. The van der Waals surface area contributed by atoms with Crippen LogP contribution in [0.15, 0.2) is 133 Å². The first kappa shape index (κ1) is 20.0. The normalized spacial score (nSPS) is 12.3. The van der Waals surface area contributed by atoms with Gasteiger partial charge in [0.1, 0.15) is 0 Å². The van der Waals surface area contributed by atoms with Gasteiger partial charge in [0.25, 0.3) is 0 Å². The second-order valence-electron chi connectivity index (χ2n) is 8.22. The van der Waals surface area contributed by atoms with Crippen molar-refractivity contribution < 1.29 is 0 Å². The van der Waals surface area contributed by atoms with Gasteiger partial charge >= 0.3 is 0 Å².